The van der Waals surface area contributed by atoms with E-state index in [1.54, 1.807) is 0 Å². The van der Waals surface area contributed by atoms with E-state index in [2.05, 4.69) is 42.5 Å². The predicted octanol–water partition coefficient (Wildman–Crippen LogP) is 1.76. The number of hydrogen-bond donors (Lipinski definition) is 2. The van der Waals surface area contributed by atoms with Crippen molar-refractivity contribution >= 4 is 33.5 Å². The van der Waals surface area contributed by atoms with Gasteiger partial charge in [-0.2, -0.15) is 15.0 Å². The van der Waals surface area contributed by atoms with E-state index in [0.717, 1.165) is 10.2 Å². The molecule has 0 aliphatic heterocycles. The van der Waals surface area contributed by atoms with Crippen LogP contribution in [0.4, 0.5) is 17.6 Å². The Morgan fingerprint density at radius 2 is 2.20 bits per heavy atom. The maximum atomic E-state index is 5.40. The van der Waals surface area contributed by atoms with Gasteiger partial charge in [-0.1, -0.05) is 22.0 Å². The quantitative estimate of drug-likeness (QED) is 0.865. The van der Waals surface area contributed by atoms with Crippen molar-refractivity contribution in [3.63, 3.8) is 0 Å². The Hall–Kier alpha value is -1.69. The lowest BCUT2D eigenvalue weighted by molar-refractivity contribution is 1.06. The molecule has 0 aliphatic rings. The van der Waals surface area contributed by atoms with E-state index in [-0.39, 0.29) is 5.95 Å². The zero-order valence-electron chi connectivity index (χ0n) is 7.61. The third kappa shape index (κ3) is 2.63. The highest BCUT2D eigenvalue weighted by atomic mass is 79.9. The summed E-state index contributed by atoms with van der Waals surface area (Å²) in [6.07, 6.45) is 2.40. The van der Waals surface area contributed by atoms with Crippen LogP contribution < -0.4 is 11.1 Å². The molecule has 1 aromatic heterocycles. The summed E-state index contributed by atoms with van der Waals surface area (Å²) in [4.78, 5) is 11.3. The Labute approximate surface area is 94.9 Å². The molecular weight excluding hydrogens is 258 g/mol. The summed E-state index contributed by atoms with van der Waals surface area (Å²) in [6.45, 7) is 0. The summed E-state index contributed by atoms with van der Waals surface area (Å²) in [5.41, 5.74) is 6.26. The highest BCUT2D eigenvalue weighted by Crippen LogP contribution is 2.18. The molecule has 0 aliphatic carbocycles. The summed E-state index contributed by atoms with van der Waals surface area (Å²) < 4.78 is 0.971. The number of rotatable bonds is 2. The van der Waals surface area contributed by atoms with Crippen molar-refractivity contribution in [1.29, 1.82) is 0 Å². The lowest BCUT2D eigenvalue weighted by atomic mass is 10.3. The first-order chi connectivity index (χ1) is 7.24. The molecule has 2 aromatic rings. The molecule has 75 valence electrons. The van der Waals surface area contributed by atoms with Crippen molar-refractivity contribution in [2.75, 3.05) is 11.1 Å². The molecular formula is C9H7BrN5. The summed E-state index contributed by atoms with van der Waals surface area (Å²) >= 11 is 3.36. The van der Waals surface area contributed by atoms with E-state index in [0.29, 0.717) is 5.95 Å². The average Bonchev–Trinajstić information content (AvgIpc) is 2.17. The van der Waals surface area contributed by atoms with Gasteiger partial charge >= 0.3 is 0 Å². The van der Waals surface area contributed by atoms with Gasteiger partial charge in [0.1, 0.15) is 0 Å². The van der Waals surface area contributed by atoms with Gasteiger partial charge in [0.15, 0.2) is 0 Å². The lowest BCUT2D eigenvalue weighted by Crippen LogP contribution is -2.01. The average molecular weight is 265 g/mol. The van der Waals surface area contributed by atoms with Crippen molar-refractivity contribution in [3.8, 4) is 0 Å². The van der Waals surface area contributed by atoms with Crippen LogP contribution in [0.25, 0.3) is 0 Å². The van der Waals surface area contributed by atoms with E-state index in [1.165, 1.54) is 0 Å². The van der Waals surface area contributed by atoms with Crippen molar-refractivity contribution < 1.29 is 0 Å². The molecule has 15 heavy (non-hydrogen) atoms. The Balaban J connectivity index is 2.22. The lowest BCUT2D eigenvalue weighted by Gasteiger charge is -2.03. The van der Waals surface area contributed by atoms with Crippen LogP contribution in [0.2, 0.25) is 0 Å². The SMILES string of the molecule is Nc1n[c]nc(Nc2cccc(Br)c2)n1. The van der Waals surface area contributed by atoms with Gasteiger partial charge < -0.3 is 11.1 Å². The molecule has 3 N–H and O–H groups in total. The second kappa shape index (κ2) is 4.22. The summed E-state index contributed by atoms with van der Waals surface area (Å²) in [6, 6.07) is 7.63. The monoisotopic (exact) mass is 264 g/mol. The highest BCUT2D eigenvalue weighted by Gasteiger charge is 1.99. The number of nitrogens with one attached hydrogen (secondary N) is 1. The fourth-order valence-electron chi connectivity index (χ4n) is 1.03. The second-order valence-corrected chi connectivity index (χ2v) is 3.67. The van der Waals surface area contributed by atoms with Gasteiger partial charge in [0.25, 0.3) is 0 Å². The standard InChI is InChI=1S/C9H7BrN5/c10-6-2-1-3-7(4-6)14-9-13-5-12-8(11)15-9/h1-4H,(H3,11,12,13,14,15). The Bertz CT molecular complexity index is 430. The van der Waals surface area contributed by atoms with Crippen LogP contribution >= 0.6 is 15.9 Å². The number of anilines is 3. The zero-order chi connectivity index (χ0) is 10.7. The predicted molar refractivity (Wildman–Crippen MR) is 60.5 cm³/mol. The Kier molecular flexibility index (Phi) is 2.77. The molecule has 5 nitrogen and oxygen atoms in total. The van der Waals surface area contributed by atoms with Gasteiger partial charge in [-0.25, -0.2) is 0 Å². The first-order valence-corrected chi connectivity index (χ1v) is 4.93. The number of halogens is 1. The topological polar surface area (TPSA) is 76.7 Å². The van der Waals surface area contributed by atoms with Crippen LogP contribution in [0.3, 0.4) is 0 Å². The fraction of sp³-hybridized carbons (Fsp3) is 0. The molecule has 0 amide bonds. The molecule has 0 bridgehead atoms. The van der Waals surface area contributed by atoms with Gasteiger partial charge in [-0.3, -0.25) is 0 Å². The van der Waals surface area contributed by atoms with Crippen LogP contribution in [-0.4, -0.2) is 15.0 Å². The molecule has 2 rings (SSSR count). The maximum absolute atomic E-state index is 5.40. The molecule has 0 unspecified atom stereocenters. The minimum absolute atomic E-state index is 0.141. The largest absolute Gasteiger partial charge is 0.368 e. The number of hydrogen-bond acceptors (Lipinski definition) is 5. The molecule has 0 spiro atoms. The molecule has 1 radical (unpaired) electrons. The van der Waals surface area contributed by atoms with E-state index >= 15 is 0 Å². The molecule has 0 saturated heterocycles. The smallest absolute Gasteiger partial charge is 0.232 e. The molecule has 0 fully saturated rings. The summed E-state index contributed by atoms with van der Waals surface area (Å²) in [7, 11) is 0. The normalized spacial score (nSPS) is 9.93. The van der Waals surface area contributed by atoms with E-state index in [1.807, 2.05) is 24.3 Å². The van der Waals surface area contributed by atoms with Gasteiger partial charge in [-0.05, 0) is 18.2 Å². The third-order valence-electron chi connectivity index (χ3n) is 1.62. The van der Waals surface area contributed by atoms with E-state index in [9.17, 15) is 0 Å². The number of benzene rings is 1. The molecule has 0 saturated carbocycles. The summed E-state index contributed by atoms with van der Waals surface area (Å²) in [5, 5.41) is 2.98. The number of nitrogens with two attached hydrogens (primary N) is 1. The number of nitrogens with zero attached hydrogens (tertiary/aromatic N) is 3. The highest BCUT2D eigenvalue weighted by molar-refractivity contribution is 9.10. The van der Waals surface area contributed by atoms with Crippen LogP contribution in [0.1, 0.15) is 0 Å². The number of aromatic nitrogens is 3. The fourth-order valence-corrected chi connectivity index (χ4v) is 1.43. The Morgan fingerprint density at radius 3 is 2.93 bits per heavy atom. The van der Waals surface area contributed by atoms with Crippen LogP contribution in [0, 0.1) is 6.33 Å². The molecule has 1 heterocycles. The van der Waals surface area contributed by atoms with Crippen molar-refractivity contribution in [3.05, 3.63) is 35.1 Å². The van der Waals surface area contributed by atoms with Gasteiger partial charge in [0.05, 0.1) is 0 Å². The first-order valence-electron chi connectivity index (χ1n) is 4.14. The van der Waals surface area contributed by atoms with E-state index in [4.69, 9.17) is 5.73 Å². The Morgan fingerprint density at radius 1 is 1.33 bits per heavy atom. The van der Waals surface area contributed by atoms with Crippen molar-refractivity contribution in [1.82, 2.24) is 15.0 Å². The zero-order valence-corrected chi connectivity index (χ0v) is 9.19. The van der Waals surface area contributed by atoms with Crippen LogP contribution in [0.15, 0.2) is 28.7 Å². The first kappa shape index (κ1) is 9.85. The van der Waals surface area contributed by atoms with Crippen LogP contribution in [-0.2, 0) is 0 Å². The van der Waals surface area contributed by atoms with Gasteiger partial charge in [-0.15, -0.1) is 0 Å². The van der Waals surface area contributed by atoms with Gasteiger partial charge in [0.2, 0.25) is 18.2 Å². The van der Waals surface area contributed by atoms with Crippen LogP contribution in [0.5, 0.6) is 0 Å². The van der Waals surface area contributed by atoms with E-state index < -0.39 is 0 Å². The van der Waals surface area contributed by atoms with Crippen molar-refractivity contribution in [2.45, 2.75) is 0 Å². The summed E-state index contributed by atoms with van der Waals surface area (Å²) in [5.74, 6) is 0.517. The third-order valence-corrected chi connectivity index (χ3v) is 2.11. The van der Waals surface area contributed by atoms with Crippen molar-refractivity contribution in [2.24, 2.45) is 0 Å². The maximum Gasteiger partial charge on any atom is 0.232 e. The molecule has 1 aromatic carbocycles. The molecule has 6 heteroatoms. The minimum atomic E-state index is 0.141. The second-order valence-electron chi connectivity index (χ2n) is 2.75. The van der Waals surface area contributed by atoms with Gasteiger partial charge in [0, 0.05) is 10.2 Å². The molecule has 0 atom stereocenters. The minimum Gasteiger partial charge on any atom is -0.368 e. The number of nitrogen functional groups attached to an aromatic ring is 1.